The van der Waals surface area contributed by atoms with Crippen molar-refractivity contribution in [2.75, 3.05) is 14.1 Å². The molecule has 2 heterocycles. The highest BCUT2D eigenvalue weighted by atomic mass is 15.4. The molecule has 144 valence electrons. The molecular weight excluding hydrogens is 332 g/mol. The van der Waals surface area contributed by atoms with Gasteiger partial charge in [-0.1, -0.05) is 10.9 Å². The van der Waals surface area contributed by atoms with Crippen molar-refractivity contribution in [1.29, 1.82) is 0 Å². The van der Waals surface area contributed by atoms with E-state index in [0.717, 1.165) is 0 Å². The van der Waals surface area contributed by atoms with Gasteiger partial charge in [0.1, 0.15) is 11.4 Å². The number of fused-ring (bicyclic) bond motifs is 1. The molecule has 0 aliphatic carbocycles. The van der Waals surface area contributed by atoms with Gasteiger partial charge in [0.2, 0.25) is 6.33 Å². The minimum Gasteiger partial charge on any atom is -0.359 e. The molecule has 0 unspecified atom stereocenters. The Morgan fingerprint density at radius 3 is 2.00 bits per heavy atom. The average molecular weight is 365 g/mol. The Labute approximate surface area is 163 Å². The molecule has 4 heteroatoms. The largest absolute Gasteiger partial charge is 0.359 e. The maximum Gasteiger partial charge on any atom is 0.243 e. The van der Waals surface area contributed by atoms with Gasteiger partial charge in [-0.3, -0.25) is 0 Å². The number of hydrogen-bond donors (Lipinski definition) is 0. The van der Waals surface area contributed by atoms with Crippen molar-refractivity contribution in [3.05, 3.63) is 71.1 Å². The van der Waals surface area contributed by atoms with Gasteiger partial charge in [-0.2, -0.15) is 0 Å². The highest BCUT2D eigenvalue weighted by molar-refractivity contribution is 5.88. The molecule has 27 heavy (non-hydrogen) atoms. The second-order valence-electron chi connectivity index (χ2n) is 7.65. The third-order valence-electron chi connectivity index (χ3n) is 6.24. The smallest absolute Gasteiger partial charge is 0.243 e. The fourth-order valence-corrected chi connectivity index (χ4v) is 3.90. The lowest BCUT2D eigenvalue weighted by Gasteiger charge is -2.32. The summed E-state index contributed by atoms with van der Waals surface area (Å²) in [6, 6.07) is 13.1. The fourth-order valence-electron chi connectivity index (χ4n) is 3.90. The Morgan fingerprint density at radius 1 is 0.889 bits per heavy atom. The summed E-state index contributed by atoms with van der Waals surface area (Å²) in [5, 5.41) is 2.69. The zero-order valence-electron chi connectivity index (χ0n) is 17.9. The molecular formula is C23H32N4. The van der Waals surface area contributed by atoms with Gasteiger partial charge in [0.25, 0.3) is 0 Å². The van der Waals surface area contributed by atoms with Crippen LogP contribution in [-0.4, -0.2) is 28.5 Å². The van der Waals surface area contributed by atoms with Gasteiger partial charge in [0.15, 0.2) is 0 Å². The summed E-state index contributed by atoms with van der Waals surface area (Å²) in [6.07, 6.45) is 2.40. The first-order valence-corrected chi connectivity index (χ1v) is 9.49. The van der Waals surface area contributed by atoms with Crippen molar-refractivity contribution in [2.45, 2.75) is 33.9 Å². The van der Waals surface area contributed by atoms with Crippen LogP contribution in [-0.2, 0) is 14.1 Å². The monoisotopic (exact) mass is 364 g/mol. The van der Waals surface area contributed by atoms with E-state index in [4.69, 9.17) is 0 Å². The molecule has 0 spiro atoms. The maximum absolute atomic E-state index is 2.36. The number of rotatable bonds is 1. The first-order valence-electron chi connectivity index (χ1n) is 9.49. The number of aromatic nitrogens is 2. The molecule has 1 aliphatic rings. The summed E-state index contributed by atoms with van der Waals surface area (Å²) in [4.78, 5) is 4.72. The van der Waals surface area contributed by atoms with Crippen molar-refractivity contribution < 1.29 is 4.57 Å². The van der Waals surface area contributed by atoms with E-state index in [1.54, 1.807) is 0 Å². The first-order chi connectivity index (χ1) is 12.7. The predicted octanol–water partition coefficient (Wildman–Crippen LogP) is 4.15. The fraction of sp³-hybridized carbons (Fsp3) is 0.391. The van der Waals surface area contributed by atoms with Crippen LogP contribution in [0.2, 0.25) is 0 Å². The number of hydrogen-bond acceptors (Lipinski definition) is 2. The lowest BCUT2D eigenvalue weighted by Crippen LogP contribution is -2.28. The molecule has 1 aromatic heterocycles. The molecule has 4 rings (SSSR count). The summed E-state index contributed by atoms with van der Waals surface area (Å²) in [7, 11) is 8.47. The number of allylic oxidation sites excluding steroid dienone is 2. The standard InChI is InChI=1S/C16H19N2.C7H13N2/c1-11-12(2)18(4)16(17(11)3)15-10-9-13-7-5-6-8-14(13)15;1-6-7(2)9(4)5-8(6)3/h5-10,16H,1-4H3;5H,1-4H3/q-1;+1. The zero-order chi connectivity index (χ0) is 19.9. The molecule has 0 saturated carbocycles. The van der Waals surface area contributed by atoms with Crippen LogP contribution in [0.1, 0.15) is 37.0 Å². The predicted molar refractivity (Wildman–Crippen MR) is 112 cm³/mol. The normalized spacial score (nSPS) is 15.0. The molecule has 0 saturated heterocycles. The van der Waals surface area contributed by atoms with Crippen LogP contribution in [0, 0.1) is 13.8 Å². The first kappa shape index (κ1) is 19.2. The summed E-state index contributed by atoms with van der Waals surface area (Å²) >= 11 is 0. The van der Waals surface area contributed by atoms with E-state index in [-0.39, 0.29) is 0 Å². The van der Waals surface area contributed by atoms with E-state index in [0.29, 0.717) is 6.17 Å². The Kier molecular flexibility index (Phi) is 5.09. The number of imidazole rings is 1. The minimum absolute atomic E-state index is 0.324. The second kappa shape index (κ2) is 7.18. The zero-order valence-corrected chi connectivity index (χ0v) is 17.9. The van der Waals surface area contributed by atoms with Crippen molar-refractivity contribution in [2.24, 2.45) is 14.1 Å². The molecule has 0 bridgehead atoms. The van der Waals surface area contributed by atoms with Crippen molar-refractivity contribution in [3.63, 3.8) is 0 Å². The van der Waals surface area contributed by atoms with Crippen molar-refractivity contribution >= 4 is 10.8 Å². The molecule has 0 fully saturated rings. The Bertz CT molecular complexity index is 949. The third kappa shape index (κ3) is 3.25. The van der Waals surface area contributed by atoms with Crippen molar-refractivity contribution in [3.8, 4) is 0 Å². The molecule has 2 aromatic carbocycles. The van der Waals surface area contributed by atoms with Crippen LogP contribution in [0.25, 0.3) is 10.8 Å². The third-order valence-corrected chi connectivity index (χ3v) is 6.24. The minimum atomic E-state index is 0.324. The van der Waals surface area contributed by atoms with Gasteiger partial charge >= 0.3 is 0 Å². The van der Waals surface area contributed by atoms with E-state index >= 15 is 0 Å². The lowest BCUT2D eigenvalue weighted by atomic mass is 10.1. The molecule has 0 radical (unpaired) electrons. The van der Waals surface area contributed by atoms with Crippen molar-refractivity contribution in [1.82, 2.24) is 14.4 Å². The van der Waals surface area contributed by atoms with Crippen LogP contribution in [0.5, 0.6) is 0 Å². The van der Waals surface area contributed by atoms with Crippen LogP contribution in [0.4, 0.5) is 0 Å². The van der Waals surface area contributed by atoms with E-state index in [1.165, 1.54) is 39.1 Å². The van der Waals surface area contributed by atoms with Crippen LogP contribution in [0.15, 0.2) is 54.1 Å². The topological polar surface area (TPSA) is 15.3 Å². The molecule has 1 aliphatic heterocycles. The van der Waals surface area contributed by atoms with Gasteiger partial charge in [-0.05, 0) is 13.8 Å². The van der Waals surface area contributed by atoms with E-state index < -0.39 is 0 Å². The van der Waals surface area contributed by atoms with Gasteiger partial charge in [0, 0.05) is 39.3 Å². The highest BCUT2D eigenvalue weighted by Gasteiger charge is 2.28. The van der Waals surface area contributed by atoms with E-state index in [2.05, 4.69) is 118 Å². The SMILES string of the molecule is CC1=C(C)N(C)C(c2cc[c-]3ccccc23)N1C.Cc1c(C)[n+](C)cn1C. The highest BCUT2D eigenvalue weighted by Crippen LogP contribution is 2.39. The van der Waals surface area contributed by atoms with Crippen LogP contribution in [0.3, 0.4) is 0 Å². The summed E-state index contributed by atoms with van der Waals surface area (Å²) in [6.45, 7) is 8.62. The lowest BCUT2D eigenvalue weighted by molar-refractivity contribution is -0.677. The van der Waals surface area contributed by atoms with Gasteiger partial charge in [-0.15, -0.1) is 41.8 Å². The van der Waals surface area contributed by atoms with Crippen LogP contribution >= 0.6 is 0 Å². The molecule has 0 amide bonds. The molecule has 0 atom stereocenters. The molecule has 4 nitrogen and oxygen atoms in total. The van der Waals surface area contributed by atoms with Gasteiger partial charge in [-0.25, -0.2) is 9.13 Å². The van der Waals surface area contributed by atoms with Gasteiger partial charge in [0.05, 0.1) is 20.3 Å². The number of benzene rings is 1. The number of aryl methyl sites for hydroxylation is 2. The van der Waals surface area contributed by atoms with E-state index in [1.807, 2.05) is 0 Å². The number of nitrogens with zero attached hydrogens (tertiary/aromatic N) is 4. The maximum atomic E-state index is 2.36. The van der Waals surface area contributed by atoms with Gasteiger partial charge < -0.3 is 9.80 Å². The quantitative estimate of drug-likeness (QED) is 0.476. The Hall–Kier alpha value is -2.62. The molecule has 3 aromatic rings. The van der Waals surface area contributed by atoms with Crippen LogP contribution < -0.4 is 4.57 Å². The van der Waals surface area contributed by atoms with E-state index in [9.17, 15) is 0 Å². The Morgan fingerprint density at radius 2 is 1.52 bits per heavy atom. The average Bonchev–Trinajstić information content (AvgIpc) is 3.23. The second-order valence-corrected chi connectivity index (χ2v) is 7.65. The summed E-state index contributed by atoms with van der Waals surface area (Å²) in [5.41, 5.74) is 6.77. The summed E-state index contributed by atoms with van der Waals surface area (Å²) < 4.78 is 4.24. The summed E-state index contributed by atoms with van der Waals surface area (Å²) in [5.74, 6) is 0. The Balaban J connectivity index is 0.000000197. The molecule has 0 N–H and O–H groups in total.